The fourth-order valence-electron chi connectivity index (χ4n) is 1.15. The highest BCUT2D eigenvalue weighted by molar-refractivity contribution is 7.03. The predicted molar refractivity (Wildman–Crippen MR) is 54.5 cm³/mol. The molecule has 0 aromatic carbocycles. The number of ether oxygens (including phenoxy) is 1. The van der Waals surface area contributed by atoms with Gasteiger partial charge in [-0.05, 0) is 11.5 Å². The van der Waals surface area contributed by atoms with Crippen LogP contribution in [0.3, 0.4) is 0 Å². The molecule has 0 amide bonds. The van der Waals surface area contributed by atoms with E-state index in [9.17, 15) is 0 Å². The molecule has 0 radical (unpaired) electrons. The first-order chi connectivity index (χ1) is 7.33. The van der Waals surface area contributed by atoms with E-state index in [1.165, 1.54) is 18.6 Å². The van der Waals surface area contributed by atoms with Crippen molar-refractivity contribution in [3.8, 4) is 5.88 Å². The van der Waals surface area contributed by atoms with Crippen molar-refractivity contribution in [2.24, 2.45) is 5.73 Å². The van der Waals surface area contributed by atoms with E-state index in [0.717, 1.165) is 0 Å². The largest absolute Gasteiger partial charge is 0.480 e. The Labute approximate surface area is 90.3 Å². The summed E-state index contributed by atoms with van der Waals surface area (Å²) in [6, 6.07) is -0.451. The van der Waals surface area contributed by atoms with Crippen molar-refractivity contribution in [2.45, 2.75) is 6.04 Å². The Morgan fingerprint density at radius 2 is 2.20 bits per heavy atom. The van der Waals surface area contributed by atoms with Gasteiger partial charge in [0.2, 0.25) is 5.88 Å². The highest BCUT2D eigenvalue weighted by Gasteiger charge is 2.18. The Hall–Kier alpha value is -1.60. The molecule has 15 heavy (non-hydrogen) atoms. The van der Waals surface area contributed by atoms with Crippen LogP contribution in [0.4, 0.5) is 0 Å². The van der Waals surface area contributed by atoms with Gasteiger partial charge in [0, 0.05) is 17.8 Å². The van der Waals surface area contributed by atoms with Crippen molar-refractivity contribution in [1.82, 2.24) is 19.6 Å². The van der Waals surface area contributed by atoms with Gasteiger partial charge in [0.05, 0.1) is 18.8 Å². The average molecular weight is 223 g/mol. The summed E-state index contributed by atoms with van der Waals surface area (Å²) in [6.07, 6.45) is 3.12. The third kappa shape index (κ3) is 1.92. The summed E-state index contributed by atoms with van der Waals surface area (Å²) < 4.78 is 8.81. The maximum Gasteiger partial charge on any atom is 0.237 e. The average Bonchev–Trinajstić information content (AvgIpc) is 2.81. The van der Waals surface area contributed by atoms with Gasteiger partial charge in [-0.15, -0.1) is 5.10 Å². The molecule has 7 heteroatoms. The Kier molecular flexibility index (Phi) is 2.84. The van der Waals surface area contributed by atoms with Crippen LogP contribution in [-0.4, -0.2) is 26.7 Å². The lowest BCUT2D eigenvalue weighted by Gasteiger charge is -2.10. The van der Waals surface area contributed by atoms with Crippen LogP contribution in [0.25, 0.3) is 0 Å². The topological polar surface area (TPSA) is 86.8 Å². The monoisotopic (exact) mass is 223 g/mol. The molecule has 2 N–H and O–H groups in total. The maximum absolute atomic E-state index is 5.96. The summed E-state index contributed by atoms with van der Waals surface area (Å²) >= 11 is 1.25. The third-order valence-electron chi connectivity index (χ3n) is 1.87. The molecule has 0 aliphatic rings. The lowest BCUT2D eigenvalue weighted by atomic mass is 10.2. The van der Waals surface area contributed by atoms with Gasteiger partial charge in [-0.2, -0.15) is 0 Å². The van der Waals surface area contributed by atoms with Crippen molar-refractivity contribution in [3.63, 3.8) is 0 Å². The highest BCUT2D eigenvalue weighted by atomic mass is 32.1. The second kappa shape index (κ2) is 4.28. The fourth-order valence-corrected chi connectivity index (χ4v) is 1.64. The minimum atomic E-state index is -0.451. The SMILES string of the molecule is COc1nccnc1C(N)c1csnn1. The van der Waals surface area contributed by atoms with Crippen molar-refractivity contribution in [1.29, 1.82) is 0 Å². The lowest BCUT2D eigenvalue weighted by molar-refractivity contribution is 0.386. The van der Waals surface area contributed by atoms with Gasteiger partial charge in [-0.1, -0.05) is 4.49 Å². The van der Waals surface area contributed by atoms with Crippen LogP contribution < -0.4 is 10.5 Å². The van der Waals surface area contributed by atoms with Crippen LogP contribution in [0.15, 0.2) is 17.8 Å². The van der Waals surface area contributed by atoms with E-state index in [2.05, 4.69) is 19.6 Å². The zero-order chi connectivity index (χ0) is 10.7. The lowest BCUT2D eigenvalue weighted by Crippen LogP contribution is -2.15. The number of hydrogen-bond acceptors (Lipinski definition) is 7. The van der Waals surface area contributed by atoms with E-state index in [4.69, 9.17) is 10.5 Å². The van der Waals surface area contributed by atoms with E-state index in [-0.39, 0.29) is 0 Å². The number of rotatable bonds is 3. The summed E-state index contributed by atoms with van der Waals surface area (Å²) in [5.41, 5.74) is 7.19. The summed E-state index contributed by atoms with van der Waals surface area (Å²) in [5.74, 6) is 0.415. The van der Waals surface area contributed by atoms with Crippen LogP contribution in [-0.2, 0) is 0 Å². The van der Waals surface area contributed by atoms with Gasteiger partial charge in [0.25, 0.3) is 0 Å². The van der Waals surface area contributed by atoms with E-state index < -0.39 is 6.04 Å². The van der Waals surface area contributed by atoms with Gasteiger partial charge in [-0.25, -0.2) is 4.98 Å². The van der Waals surface area contributed by atoms with Crippen LogP contribution in [0.5, 0.6) is 5.88 Å². The Bertz CT molecular complexity index is 432. The molecule has 0 saturated carbocycles. The normalized spacial score (nSPS) is 12.4. The van der Waals surface area contributed by atoms with Crippen molar-refractivity contribution in [3.05, 3.63) is 29.2 Å². The predicted octanol–water partition coefficient (Wildman–Crippen LogP) is 0.385. The van der Waals surface area contributed by atoms with E-state index in [0.29, 0.717) is 17.3 Å². The molecule has 6 nitrogen and oxygen atoms in total. The molecule has 0 aliphatic carbocycles. The summed E-state index contributed by atoms with van der Waals surface area (Å²) in [4.78, 5) is 8.15. The number of hydrogen-bond donors (Lipinski definition) is 1. The molecule has 2 aromatic heterocycles. The zero-order valence-corrected chi connectivity index (χ0v) is 8.81. The Morgan fingerprint density at radius 1 is 1.40 bits per heavy atom. The molecule has 2 rings (SSSR count). The molecule has 78 valence electrons. The van der Waals surface area contributed by atoms with Crippen LogP contribution >= 0.6 is 11.5 Å². The number of methoxy groups -OCH3 is 1. The second-order valence-corrected chi connectivity index (χ2v) is 3.37. The summed E-state index contributed by atoms with van der Waals surface area (Å²) in [7, 11) is 1.53. The van der Waals surface area contributed by atoms with Gasteiger partial charge in [-0.3, -0.25) is 4.98 Å². The molecule has 0 saturated heterocycles. The molecule has 1 unspecified atom stereocenters. The molecule has 2 aromatic rings. The van der Waals surface area contributed by atoms with E-state index in [1.54, 1.807) is 17.8 Å². The molecule has 0 bridgehead atoms. The van der Waals surface area contributed by atoms with E-state index >= 15 is 0 Å². The molecule has 0 aliphatic heterocycles. The smallest absolute Gasteiger partial charge is 0.237 e. The fraction of sp³-hybridized carbons (Fsp3) is 0.250. The summed E-state index contributed by atoms with van der Waals surface area (Å²) in [5, 5.41) is 5.66. The molecule has 2 heterocycles. The minimum absolute atomic E-state index is 0.415. The molecule has 0 fully saturated rings. The first-order valence-corrected chi connectivity index (χ1v) is 5.04. The quantitative estimate of drug-likeness (QED) is 0.809. The van der Waals surface area contributed by atoms with Crippen LogP contribution in [0, 0.1) is 0 Å². The van der Waals surface area contributed by atoms with Crippen molar-refractivity contribution < 1.29 is 4.74 Å². The van der Waals surface area contributed by atoms with E-state index in [1.807, 2.05) is 0 Å². The van der Waals surface area contributed by atoms with Crippen LogP contribution in [0.1, 0.15) is 17.4 Å². The second-order valence-electron chi connectivity index (χ2n) is 2.76. The standard InChI is InChI=1S/C8H9N5OS/c1-14-8-7(10-2-3-11-8)6(9)5-4-15-13-12-5/h2-4,6H,9H2,1H3. The molecule has 0 spiro atoms. The van der Waals surface area contributed by atoms with Crippen molar-refractivity contribution >= 4 is 11.5 Å². The Balaban J connectivity index is 2.37. The molecule has 1 atom stereocenters. The minimum Gasteiger partial charge on any atom is -0.480 e. The first-order valence-electron chi connectivity index (χ1n) is 4.20. The molecular formula is C8H9N5OS. The van der Waals surface area contributed by atoms with Crippen LogP contribution in [0.2, 0.25) is 0 Å². The van der Waals surface area contributed by atoms with Gasteiger partial charge < -0.3 is 10.5 Å². The first kappa shape index (κ1) is 9.94. The Morgan fingerprint density at radius 3 is 2.87 bits per heavy atom. The van der Waals surface area contributed by atoms with Gasteiger partial charge >= 0.3 is 0 Å². The summed E-state index contributed by atoms with van der Waals surface area (Å²) in [6.45, 7) is 0. The third-order valence-corrected chi connectivity index (χ3v) is 2.40. The number of aromatic nitrogens is 4. The van der Waals surface area contributed by atoms with Crippen molar-refractivity contribution in [2.75, 3.05) is 7.11 Å². The highest BCUT2D eigenvalue weighted by Crippen LogP contribution is 2.22. The number of nitrogens with two attached hydrogens (primary N) is 1. The maximum atomic E-state index is 5.96. The zero-order valence-electron chi connectivity index (χ0n) is 7.99. The molecular weight excluding hydrogens is 214 g/mol. The number of nitrogens with zero attached hydrogens (tertiary/aromatic N) is 4. The van der Waals surface area contributed by atoms with Gasteiger partial charge in [0.15, 0.2) is 0 Å². The van der Waals surface area contributed by atoms with Gasteiger partial charge in [0.1, 0.15) is 5.69 Å².